The lowest BCUT2D eigenvalue weighted by molar-refractivity contribution is -0.129. The zero-order valence-corrected chi connectivity index (χ0v) is 12.6. The summed E-state index contributed by atoms with van der Waals surface area (Å²) in [5, 5.41) is 6.32. The van der Waals surface area contributed by atoms with Crippen LogP contribution in [-0.2, 0) is 14.3 Å². The van der Waals surface area contributed by atoms with Gasteiger partial charge in [0, 0.05) is 18.1 Å². The maximum atomic E-state index is 11.4. The first-order valence-corrected chi connectivity index (χ1v) is 6.74. The zero-order chi connectivity index (χ0) is 14.8. The van der Waals surface area contributed by atoms with Crippen LogP contribution < -0.4 is 10.7 Å². The summed E-state index contributed by atoms with van der Waals surface area (Å²) < 4.78 is 5.74. The highest BCUT2D eigenvalue weighted by atomic mass is 79.9. The summed E-state index contributed by atoms with van der Waals surface area (Å²) in [4.78, 5) is 22.7. The molecule has 0 aliphatic rings. The van der Waals surface area contributed by atoms with E-state index in [0.717, 1.165) is 10.0 Å². The van der Waals surface area contributed by atoms with Gasteiger partial charge in [-0.2, -0.15) is 5.10 Å². The normalized spacial score (nSPS) is 10.5. The summed E-state index contributed by atoms with van der Waals surface area (Å²) in [6.45, 7) is 0.792. The van der Waals surface area contributed by atoms with Gasteiger partial charge < -0.3 is 10.1 Å². The minimum Gasteiger partial charge on any atom is -0.383 e. The fourth-order valence-corrected chi connectivity index (χ4v) is 1.53. The average molecular weight is 342 g/mol. The van der Waals surface area contributed by atoms with Gasteiger partial charge in [-0.05, 0) is 17.7 Å². The lowest BCUT2D eigenvalue weighted by Crippen LogP contribution is -2.31. The third-order valence-electron chi connectivity index (χ3n) is 2.22. The van der Waals surface area contributed by atoms with E-state index in [1.54, 1.807) is 0 Å². The Balaban J connectivity index is 2.28. The minimum atomic E-state index is -0.465. The Kier molecular flexibility index (Phi) is 7.52. The van der Waals surface area contributed by atoms with Crippen LogP contribution in [0.15, 0.2) is 33.8 Å². The van der Waals surface area contributed by atoms with Crippen LogP contribution in [0.1, 0.15) is 12.0 Å². The van der Waals surface area contributed by atoms with Crippen molar-refractivity contribution in [3.63, 3.8) is 0 Å². The number of methoxy groups -OCH3 is 1. The number of nitrogens with one attached hydrogen (secondary N) is 2. The Morgan fingerprint density at radius 2 is 2.00 bits per heavy atom. The van der Waals surface area contributed by atoms with Crippen LogP contribution in [0.3, 0.4) is 0 Å². The van der Waals surface area contributed by atoms with Crippen LogP contribution in [-0.4, -0.2) is 38.3 Å². The fraction of sp³-hybridized carbons (Fsp3) is 0.308. The molecule has 0 saturated heterocycles. The van der Waals surface area contributed by atoms with Crippen LogP contribution in [0.2, 0.25) is 0 Å². The van der Waals surface area contributed by atoms with Gasteiger partial charge in [-0.25, -0.2) is 5.43 Å². The molecule has 1 aromatic rings. The maximum Gasteiger partial charge on any atom is 0.249 e. The quantitative estimate of drug-likeness (QED) is 0.336. The Morgan fingerprint density at radius 3 is 2.65 bits per heavy atom. The lowest BCUT2D eigenvalue weighted by atomic mass is 10.2. The number of hydrogen-bond acceptors (Lipinski definition) is 4. The van der Waals surface area contributed by atoms with Crippen molar-refractivity contribution >= 4 is 34.0 Å². The molecule has 0 radical (unpaired) electrons. The molecule has 1 aromatic carbocycles. The smallest absolute Gasteiger partial charge is 0.249 e. The topological polar surface area (TPSA) is 79.8 Å². The lowest BCUT2D eigenvalue weighted by Gasteiger charge is -2.03. The summed E-state index contributed by atoms with van der Waals surface area (Å²) in [6.07, 6.45) is 1.24. The Bertz CT molecular complexity index is 474. The van der Waals surface area contributed by atoms with Crippen molar-refractivity contribution < 1.29 is 14.3 Å². The molecular formula is C13H16BrN3O3. The van der Waals surface area contributed by atoms with Crippen LogP contribution >= 0.6 is 15.9 Å². The molecule has 0 spiro atoms. The van der Waals surface area contributed by atoms with Crippen LogP contribution in [0.4, 0.5) is 0 Å². The molecule has 0 aromatic heterocycles. The first-order valence-electron chi connectivity index (χ1n) is 5.95. The Morgan fingerprint density at radius 1 is 1.30 bits per heavy atom. The van der Waals surface area contributed by atoms with Crippen molar-refractivity contribution in [1.82, 2.24) is 10.7 Å². The Hall–Kier alpha value is -1.73. The molecule has 0 heterocycles. The van der Waals surface area contributed by atoms with Crippen molar-refractivity contribution in [2.24, 2.45) is 5.10 Å². The summed E-state index contributed by atoms with van der Waals surface area (Å²) in [6, 6.07) is 7.42. The summed E-state index contributed by atoms with van der Waals surface area (Å²) in [7, 11) is 1.54. The Labute approximate surface area is 125 Å². The highest BCUT2D eigenvalue weighted by Gasteiger charge is 2.07. The van der Waals surface area contributed by atoms with Gasteiger partial charge >= 0.3 is 0 Å². The number of rotatable bonds is 7. The monoisotopic (exact) mass is 341 g/mol. The maximum absolute atomic E-state index is 11.4. The number of carbonyl (C=O) groups is 2. The second kappa shape index (κ2) is 9.22. The van der Waals surface area contributed by atoms with Crippen LogP contribution in [0.25, 0.3) is 0 Å². The molecule has 0 aliphatic carbocycles. The zero-order valence-electron chi connectivity index (χ0n) is 11.1. The number of hydrogen-bond donors (Lipinski definition) is 2. The molecule has 20 heavy (non-hydrogen) atoms. The van der Waals surface area contributed by atoms with E-state index in [9.17, 15) is 9.59 Å². The predicted octanol–water partition coefficient (Wildman–Crippen LogP) is 1.05. The second-order valence-electron chi connectivity index (χ2n) is 3.86. The molecule has 0 atom stereocenters. The molecule has 6 nitrogen and oxygen atoms in total. The van der Waals surface area contributed by atoms with Crippen LogP contribution in [0, 0.1) is 0 Å². The van der Waals surface area contributed by atoms with E-state index in [0.29, 0.717) is 13.2 Å². The summed E-state index contributed by atoms with van der Waals surface area (Å²) in [5.74, 6) is -0.827. The highest BCUT2D eigenvalue weighted by Crippen LogP contribution is 2.08. The first kappa shape index (κ1) is 16.3. The van der Waals surface area contributed by atoms with Crippen molar-refractivity contribution in [2.75, 3.05) is 20.3 Å². The molecule has 7 heteroatoms. The van der Waals surface area contributed by atoms with Crippen molar-refractivity contribution in [1.29, 1.82) is 0 Å². The second-order valence-corrected chi connectivity index (χ2v) is 4.78. The third kappa shape index (κ3) is 7.01. The fourth-order valence-electron chi connectivity index (χ4n) is 1.27. The molecule has 0 fully saturated rings. The van der Waals surface area contributed by atoms with E-state index in [4.69, 9.17) is 4.74 Å². The average Bonchev–Trinajstić information content (AvgIpc) is 2.41. The van der Waals surface area contributed by atoms with Crippen molar-refractivity contribution in [2.45, 2.75) is 6.42 Å². The molecule has 0 bridgehead atoms. The van der Waals surface area contributed by atoms with Gasteiger partial charge in [0.05, 0.1) is 12.8 Å². The molecule has 2 N–H and O–H groups in total. The number of benzene rings is 1. The van der Waals surface area contributed by atoms with Gasteiger partial charge in [0.25, 0.3) is 0 Å². The number of ether oxygens (including phenoxy) is 1. The molecule has 2 amide bonds. The largest absolute Gasteiger partial charge is 0.383 e. The number of carbonyl (C=O) groups excluding carboxylic acids is 2. The summed E-state index contributed by atoms with van der Waals surface area (Å²) in [5.41, 5.74) is 3.14. The van der Waals surface area contributed by atoms with Gasteiger partial charge in [0.15, 0.2) is 0 Å². The van der Waals surface area contributed by atoms with E-state index in [2.05, 4.69) is 31.8 Å². The van der Waals surface area contributed by atoms with E-state index in [1.165, 1.54) is 13.3 Å². The first-order chi connectivity index (χ1) is 9.61. The third-order valence-corrected chi connectivity index (χ3v) is 2.75. The molecule has 0 unspecified atom stereocenters. The van der Waals surface area contributed by atoms with Gasteiger partial charge in [0.2, 0.25) is 11.8 Å². The highest BCUT2D eigenvalue weighted by molar-refractivity contribution is 9.10. The molecule has 1 rings (SSSR count). The molecule has 108 valence electrons. The van der Waals surface area contributed by atoms with Gasteiger partial charge in [-0.3, -0.25) is 9.59 Å². The van der Waals surface area contributed by atoms with Gasteiger partial charge in [-0.1, -0.05) is 28.1 Å². The van der Waals surface area contributed by atoms with Crippen molar-refractivity contribution in [3.05, 3.63) is 34.3 Å². The van der Waals surface area contributed by atoms with Gasteiger partial charge in [0.1, 0.15) is 6.42 Å². The SMILES string of the molecule is COCCNC(=O)CC(=O)N/N=C\c1ccc(Br)cc1. The van der Waals surface area contributed by atoms with Gasteiger partial charge in [-0.15, -0.1) is 0 Å². The number of amides is 2. The van der Waals surface area contributed by atoms with E-state index >= 15 is 0 Å². The van der Waals surface area contributed by atoms with E-state index < -0.39 is 5.91 Å². The minimum absolute atomic E-state index is 0.263. The van der Waals surface area contributed by atoms with E-state index in [-0.39, 0.29) is 12.3 Å². The number of nitrogens with zero attached hydrogens (tertiary/aromatic N) is 1. The van der Waals surface area contributed by atoms with Crippen molar-refractivity contribution in [3.8, 4) is 0 Å². The summed E-state index contributed by atoms with van der Waals surface area (Å²) >= 11 is 3.32. The molecule has 0 aliphatic heterocycles. The molecule has 0 saturated carbocycles. The van der Waals surface area contributed by atoms with Crippen LogP contribution in [0.5, 0.6) is 0 Å². The number of halogens is 1. The molecular weight excluding hydrogens is 326 g/mol. The number of hydrazone groups is 1. The standard InChI is InChI=1S/C13H16BrN3O3/c1-20-7-6-15-12(18)8-13(19)17-16-9-10-2-4-11(14)5-3-10/h2-5,9H,6-8H2,1H3,(H,15,18)(H,17,19)/b16-9-. The van der Waals surface area contributed by atoms with E-state index in [1.807, 2.05) is 24.3 Å². The predicted molar refractivity (Wildman–Crippen MR) is 79.4 cm³/mol.